The zero-order valence-electron chi connectivity index (χ0n) is 8.66. The molecule has 0 aliphatic heterocycles. The first-order chi connectivity index (χ1) is 5.84. The van der Waals surface area contributed by atoms with Gasteiger partial charge in [0.25, 0.3) is 0 Å². The van der Waals surface area contributed by atoms with Gasteiger partial charge in [0, 0.05) is 16.0 Å². The summed E-state index contributed by atoms with van der Waals surface area (Å²) < 4.78 is 10.6. The van der Waals surface area contributed by atoms with E-state index in [1.165, 1.54) is 13.8 Å². The fourth-order valence-corrected chi connectivity index (χ4v) is 2.73. The van der Waals surface area contributed by atoms with Gasteiger partial charge < -0.3 is 5.11 Å². The Labute approximate surface area is 82.0 Å². The zero-order chi connectivity index (χ0) is 10.6. The summed E-state index contributed by atoms with van der Waals surface area (Å²) in [4.78, 5) is 10.8. The number of rotatable bonds is 5. The van der Waals surface area contributed by atoms with Gasteiger partial charge in [0.1, 0.15) is 4.75 Å². The van der Waals surface area contributed by atoms with E-state index >= 15 is 0 Å². The van der Waals surface area contributed by atoms with Gasteiger partial charge in [0.15, 0.2) is 0 Å². The summed E-state index contributed by atoms with van der Waals surface area (Å²) in [5.74, 6) is -0.992. The highest BCUT2D eigenvalue weighted by Crippen LogP contribution is 2.19. The molecule has 0 amide bonds. The zero-order valence-corrected chi connectivity index (χ0v) is 9.48. The van der Waals surface area contributed by atoms with Gasteiger partial charge in [-0.25, -0.2) is 0 Å². The van der Waals surface area contributed by atoms with E-state index in [4.69, 9.17) is 5.11 Å². The Kier molecular flexibility index (Phi) is 4.61. The van der Waals surface area contributed by atoms with E-state index < -0.39 is 21.5 Å². The molecule has 2 atom stereocenters. The van der Waals surface area contributed by atoms with E-state index in [-0.39, 0.29) is 5.25 Å². The molecule has 0 saturated carbocycles. The van der Waals surface area contributed by atoms with Crippen LogP contribution in [-0.2, 0) is 15.6 Å². The molecule has 0 heterocycles. The molecule has 13 heavy (non-hydrogen) atoms. The summed E-state index contributed by atoms with van der Waals surface area (Å²) >= 11 is 0. The molecule has 0 aromatic heterocycles. The van der Waals surface area contributed by atoms with Crippen LogP contribution in [0.25, 0.3) is 0 Å². The molecule has 0 aromatic carbocycles. The third-order valence-corrected chi connectivity index (χ3v) is 4.23. The van der Waals surface area contributed by atoms with Crippen LogP contribution in [0.1, 0.15) is 40.5 Å². The Morgan fingerprint density at radius 1 is 1.54 bits per heavy atom. The number of carboxylic acids is 1. The Morgan fingerprint density at radius 2 is 2.00 bits per heavy atom. The van der Waals surface area contributed by atoms with E-state index in [9.17, 15) is 9.00 Å². The largest absolute Gasteiger partial charge is 0.480 e. The van der Waals surface area contributed by atoms with Crippen LogP contribution in [0.15, 0.2) is 0 Å². The van der Waals surface area contributed by atoms with Crippen molar-refractivity contribution in [3.8, 4) is 0 Å². The normalized spacial score (nSPS) is 16.6. The standard InChI is InChI=1S/C9H18O3S/c1-5-6-7(2)13(12)9(3,4)8(10)11/h7H,5-6H2,1-4H3,(H,10,11). The average molecular weight is 206 g/mol. The second-order valence-corrected chi connectivity index (χ2v) is 6.13. The highest BCUT2D eigenvalue weighted by Gasteiger charge is 2.36. The van der Waals surface area contributed by atoms with E-state index in [0.29, 0.717) is 0 Å². The van der Waals surface area contributed by atoms with Crippen LogP contribution in [0.2, 0.25) is 0 Å². The van der Waals surface area contributed by atoms with Crippen molar-refractivity contribution in [3.05, 3.63) is 0 Å². The molecule has 0 saturated heterocycles. The van der Waals surface area contributed by atoms with Crippen molar-refractivity contribution in [1.29, 1.82) is 0 Å². The van der Waals surface area contributed by atoms with Gasteiger partial charge in [-0.05, 0) is 20.3 Å². The predicted octanol–water partition coefficient (Wildman–Crippen LogP) is 1.79. The van der Waals surface area contributed by atoms with Crippen LogP contribution in [0.3, 0.4) is 0 Å². The summed E-state index contributed by atoms with van der Waals surface area (Å²) in [7, 11) is -1.30. The number of carboxylic acid groups (broad SMARTS) is 1. The van der Waals surface area contributed by atoms with Crippen molar-refractivity contribution in [1.82, 2.24) is 0 Å². The summed E-state index contributed by atoms with van der Waals surface area (Å²) in [6.07, 6.45) is 1.74. The molecule has 4 heteroatoms. The van der Waals surface area contributed by atoms with Crippen LogP contribution in [0.5, 0.6) is 0 Å². The molecule has 78 valence electrons. The maximum atomic E-state index is 11.7. The van der Waals surface area contributed by atoms with Crippen molar-refractivity contribution in [2.45, 2.75) is 50.5 Å². The van der Waals surface area contributed by atoms with Crippen LogP contribution in [-0.4, -0.2) is 25.3 Å². The molecule has 0 aliphatic rings. The van der Waals surface area contributed by atoms with Crippen molar-refractivity contribution in [2.24, 2.45) is 0 Å². The molecule has 0 spiro atoms. The lowest BCUT2D eigenvalue weighted by Crippen LogP contribution is -2.40. The molecule has 3 nitrogen and oxygen atoms in total. The topological polar surface area (TPSA) is 54.4 Å². The summed E-state index contributed by atoms with van der Waals surface area (Å²) in [5, 5.41) is 8.79. The summed E-state index contributed by atoms with van der Waals surface area (Å²) in [5.41, 5.74) is 0. The highest BCUT2D eigenvalue weighted by molar-refractivity contribution is 7.87. The minimum Gasteiger partial charge on any atom is -0.480 e. The third-order valence-electron chi connectivity index (χ3n) is 2.08. The molecule has 1 N–H and O–H groups in total. The van der Waals surface area contributed by atoms with Gasteiger partial charge in [0.2, 0.25) is 0 Å². The Bertz CT molecular complexity index is 211. The second kappa shape index (κ2) is 4.74. The number of hydrogen-bond acceptors (Lipinski definition) is 2. The molecular formula is C9H18O3S. The first-order valence-corrected chi connectivity index (χ1v) is 5.69. The fraction of sp³-hybridized carbons (Fsp3) is 0.889. The van der Waals surface area contributed by atoms with Gasteiger partial charge in [-0.2, -0.15) is 0 Å². The first-order valence-electron chi connectivity index (χ1n) is 4.48. The highest BCUT2D eigenvalue weighted by atomic mass is 32.2. The molecule has 2 unspecified atom stereocenters. The lowest BCUT2D eigenvalue weighted by atomic mass is 10.2. The Morgan fingerprint density at radius 3 is 2.31 bits per heavy atom. The van der Waals surface area contributed by atoms with E-state index in [1.807, 2.05) is 13.8 Å². The average Bonchev–Trinajstić information content (AvgIpc) is 2.03. The maximum Gasteiger partial charge on any atom is 0.321 e. The molecule has 0 radical (unpaired) electrons. The lowest BCUT2D eigenvalue weighted by molar-refractivity contribution is -0.139. The number of carbonyl (C=O) groups is 1. The van der Waals surface area contributed by atoms with Gasteiger partial charge >= 0.3 is 5.97 Å². The van der Waals surface area contributed by atoms with Gasteiger partial charge in [0.05, 0.1) is 0 Å². The molecule has 0 bridgehead atoms. The predicted molar refractivity (Wildman–Crippen MR) is 54.2 cm³/mol. The van der Waals surface area contributed by atoms with Crippen LogP contribution in [0, 0.1) is 0 Å². The number of hydrogen-bond donors (Lipinski definition) is 1. The monoisotopic (exact) mass is 206 g/mol. The molecule has 0 aromatic rings. The van der Waals surface area contributed by atoms with Crippen LogP contribution in [0.4, 0.5) is 0 Å². The Balaban J connectivity index is 4.49. The minimum atomic E-state index is -1.30. The van der Waals surface area contributed by atoms with Crippen LogP contribution < -0.4 is 0 Å². The molecule has 0 aliphatic carbocycles. The van der Waals surface area contributed by atoms with Crippen molar-refractivity contribution in [3.63, 3.8) is 0 Å². The van der Waals surface area contributed by atoms with Gasteiger partial charge in [-0.3, -0.25) is 9.00 Å². The van der Waals surface area contributed by atoms with Gasteiger partial charge in [-0.1, -0.05) is 20.3 Å². The SMILES string of the molecule is CCCC(C)S(=O)C(C)(C)C(=O)O. The third kappa shape index (κ3) is 3.10. The minimum absolute atomic E-state index is 0.0453. The molecule has 0 fully saturated rings. The molecular weight excluding hydrogens is 188 g/mol. The smallest absolute Gasteiger partial charge is 0.321 e. The van der Waals surface area contributed by atoms with Gasteiger partial charge in [-0.15, -0.1) is 0 Å². The van der Waals surface area contributed by atoms with Crippen molar-refractivity contribution >= 4 is 16.8 Å². The Hall–Kier alpha value is -0.380. The lowest BCUT2D eigenvalue weighted by Gasteiger charge is -2.22. The number of aliphatic carboxylic acids is 1. The van der Waals surface area contributed by atoms with E-state index in [0.717, 1.165) is 12.8 Å². The van der Waals surface area contributed by atoms with Crippen LogP contribution >= 0.6 is 0 Å². The quantitative estimate of drug-likeness (QED) is 0.746. The molecule has 0 rings (SSSR count). The van der Waals surface area contributed by atoms with E-state index in [1.54, 1.807) is 0 Å². The summed E-state index contributed by atoms with van der Waals surface area (Å²) in [6, 6.07) is 0. The maximum absolute atomic E-state index is 11.7. The summed E-state index contributed by atoms with van der Waals surface area (Å²) in [6.45, 7) is 6.86. The first kappa shape index (κ1) is 12.6. The van der Waals surface area contributed by atoms with E-state index in [2.05, 4.69) is 0 Å². The fourth-order valence-electron chi connectivity index (χ4n) is 1.10. The van der Waals surface area contributed by atoms with Crippen molar-refractivity contribution in [2.75, 3.05) is 0 Å². The second-order valence-electron chi connectivity index (χ2n) is 3.71. The van der Waals surface area contributed by atoms with Crippen molar-refractivity contribution < 1.29 is 14.1 Å².